The molecule has 0 aromatic heterocycles. The van der Waals surface area contributed by atoms with Crippen molar-refractivity contribution in [2.75, 3.05) is 6.54 Å². The molecule has 2 unspecified atom stereocenters. The van der Waals surface area contributed by atoms with Gasteiger partial charge in [-0.15, -0.1) is 0 Å². The summed E-state index contributed by atoms with van der Waals surface area (Å²) in [6.45, 7) is 2.07. The van der Waals surface area contributed by atoms with E-state index in [1.54, 1.807) is 24.3 Å². The maximum Gasteiger partial charge on any atom is 0.196 e. The van der Waals surface area contributed by atoms with Gasteiger partial charge in [-0.3, -0.25) is 0 Å². The number of aromatic hydroxyl groups is 1. The lowest BCUT2D eigenvalue weighted by Crippen LogP contribution is -2.54. The number of nitrogens with two attached hydrogens (primary N) is 1. The molecule has 0 saturated heterocycles. The fraction of sp³-hybridized carbons (Fsp3) is 0.412. The fourth-order valence-electron chi connectivity index (χ4n) is 3.32. The second-order valence-electron chi connectivity index (χ2n) is 5.92. The molecule has 0 amide bonds. The largest absolute Gasteiger partial charge is 0.511 e. The van der Waals surface area contributed by atoms with E-state index in [4.69, 9.17) is 5.73 Å². The van der Waals surface area contributed by atoms with Crippen molar-refractivity contribution in [2.45, 2.75) is 25.6 Å². The van der Waals surface area contributed by atoms with Crippen LogP contribution in [-0.4, -0.2) is 32.8 Å². The van der Waals surface area contributed by atoms with Crippen molar-refractivity contribution in [2.24, 2.45) is 17.1 Å². The third-order valence-electron chi connectivity index (χ3n) is 4.55. The summed E-state index contributed by atoms with van der Waals surface area (Å²) in [5.74, 6) is -2.34. The van der Waals surface area contributed by atoms with Gasteiger partial charge >= 0.3 is 0 Å². The Kier molecular flexibility index (Phi) is 4.60. The van der Waals surface area contributed by atoms with Crippen LogP contribution in [-0.2, 0) is 6.42 Å². The highest BCUT2D eigenvalue weighted by Crippen LogP contribution is 2.49. The predicted molar refractivity (Wildman–Crippen MR) is 84.1 cm³/mol. The van der Waals surface area contributed by atoms with Crippen LogP contribution in [0.2, 0.25) is 0 Å². The first kappa shape index (κ1) is 16.5. The number of aliphatic hydroxyl groups excluding tert-OH is 1. The molecule has 0 fully saturated rings. The van der Waals surface area contributed by atoms with Crippen LogP contribution in [0.3, 0.4) is 0 Å². The Morgan fingerprint density at radius 2 is 1.77 bits per heavy atom. The van der Waals surface area contributed by atoms with Crippen LogP contribution in [0.5, 0.6) is 5.75 Å². The number of hydrogen-bond donors (Lipinski definition) is 5. The van der Waals surface area contributed by atoms with Gasteiger partial charge in [0, 0.05) is 0 Å². The summed E-state index contributed by atoms with van der Waals surface area (Å²) in [5.41, 5.74) is 5.34. The van der Waals surface area contributed by atoms with Gasteiger partial charge in [-0.2, -0.15) is 0 Å². The monoisotopic (exact) mass is 305 g/mol. The molecule has 22 heavy (non-hydrogen) atoms. The van der Waals surface area contributed by atoms with Gasteiger partial charge in [0.1, 0.15) is 11.5 Å². The van der Waals surface area contributed by atoms with Crippen molar-refractivity contribution in [3.05, 3.63) is 53.8 Å². The average Bonchev–Trinajstić information content (AvgIpc) is 2.45. The Bertz CT molecular complexity index is 577. The lowest BCUT2D eigenvalue weighted by molar-refractivity contribution is -0.222. The van der Waals surface area contributed by atoms with E-state index < -0.39 is 11.2 Å². The van der Waals surface area contributed by atoms with E-state index >= 15 is 0 Å². The smallest absolute Gasteiger partial charge is 0.196 e. The summed E-state index contributed by atoms with van der Waals surface area (Å²) in [4.78, 5) is 0. The predicted octanol–water partition coefficient (Wildman–Crippen LogP) is 1.60. The van der Waals surface area contributed by atoms with E-state index in [9.17, 15) is 20.4 Å². The number of allylic oxidation sites excluding steroid dienone is 2. The molecular formula is C17H23NO4. The summed E-state index contributed by atoms with van der Waals surface area (Å²) < 4.78 is 0. The van der Waals surface area contributed by atoms with Gasteiger partial charge in [0.25, 0.3) is 0 Å². The molecule has 1 aliphatic carbocycles. The lowest BCUT2D eigenvalue weighted by atomic mass is 9.62. The number of rotatable bonds is 5. The Morgan fingerprint density at radius 1 is 1.14 bits per heavy atom. The maximum absolute atomic E-state index is 10.5. The maximum atomic E-state index is 10.5. The number of phenols is 1. The van der Waals surface area contributed by atoms with Crippen LogP contribution in [0.4, 0.5) is 0 Å². The number of phenolic OH excluding ortho intramolecular Hbond substituents is 1. The van der Waals surface area contributed by atoms with Crippen LogP contribution in [0.15, 0.2) is 48.3 Å². The summed E-state index contributed by atoms with van der Waals surface area (Å²) in [6.07, 6.45) is 4.93. The van der Waals surface area contributed by atoms with Crippen LogP contribution in [0.25, 0.3) is 0 Å². The zero-order valence-corrected chi connectivity index (χ0v) is 12.6. The second-order valence-corrected chi connectivity index (χ2v) is 5.92. The molecule has 2 atom stereocenters. The van der Waals surface area contributed by atoms with E-state index in [2.05, 4.69) is 0 Å². The number of hydrogen-bond acceptors (Lipinski definition) is 5. The van der Waals surface area contributed by atoms with Crippen LogP contribution >= 0.6 is 0 Å². The minimum Gasteiger partial charge on any atom is -0.511 e. The minimum absolute atomic E-state index is 0.0725. The van der Waals surface area contributed by atoms with Gasteiger partial charge in [0.05, 0.1) is 5.41 Å². The first-order valence-corrected chi connectivity index (χ1v) is 7.35. The topological polar surface area (TPSA) is 107 Å². The van der Waals surface area contributed by atoms with Gasteiger partial charge in [0.2, 0.25) is 0 Å². The molecule has 5 nitrogen and oxygen atoms in total. The zero-order chi connectivity index (χ0) is 16.4. The first-order chi connectivity index (χ1) is 10.3. The summed E-state index contributed by atoms with van der Waals surface area (Å²) in [5, 5.41) is 40.6. The normalized spacial score (nSPS) is 24.8. The molecule has 0 bridgehead atoms. The highest BCUT2D eigenvalue weighted by Gasteiger charge is 2.55. The number of aliphatic hydroxyl groups is 3. The Hall–Kier alpha value is -1.82. The van der Waals surface area contributed by atoms with Crippen molar-refractivity contribution >= 4 is 0 Å². The third-order valence-corrected chi connectivity index (χ3v) is 4.55. The SMILES string of the molecule is CC(Cc1ccc(O)cc1)C1(CCN)C(O)=CC=CC1(O)O. The lowest BCUT2D eigenvalue weighted by Gasteiger charge is -2.47. The molecule has 120 valence electrons. The molecular weight excluding hydrogens is 282 g/mol. The van der Waals surface area contributed by atoms with Crippen LogP contribution in [0.1, 0.15) is 18.9 Å². The van der Waals surface area contributed by atoms with Gasteiger partial charge in [-0.25, -0.2) is 0 Å². The Balaban J connectivity index is 2.36. The quantitative estimate of drug-likeness (QED) is 0.531. The Morgan fingerprint density at radius 3 is 2.32 bits per heavy atom. The van der Waals surface area contributed by atoms with E-state index in [-0.39, 0.29) is 30.4 Å². The van der Waals surface area contributed by atoms with Crippen molar-refractivity contribution in [1.82, 2.24) is 0 Å². The van der Waals surface area contributed by atoms with Crippen LogP contribution in [0, 0.1) is 11.3 Å². The molecule has 2 rings (SSSR count). The van der Waals surface area contributed by atoms with Gasteiger partial charge < -0.3 is 26.2 Å². The average molecular weight is 305 g/mol. The molecule has 1 aromatic rings. The van der Waals surface area contributed by atoms with E-state index in [1.807, 2.05) is 6.92 Å². The highest BCUT2D eigenvalue weighted by molar-refractivity contribution is 5.31. The zero-order valence-electron chi connectivity index (χ0n) is 12.6. The van der Waals surface area contributed by atoms with Crippen molar-refractivity contribution in [1.29, 1.82) is 0 Å². The molecule has 5 heteroatoms. The Labute approximate surface area is 130 Å². The highest BCUT2D eigenvalue weighted by atomic mass is 16.5. The van der Waals surface area contributed by atoms with E-state index in [1.165, 1.54) is 18.2 Å². The first-order valence-electron chi connectivity index (χ1n) is 7.35. The molecule has 0 radical (unpaired) electrons. The summed E-state index contributed by atoms with van der Waals surface area (Å²) in [6, 6.07) is 6.72. The van der Waals surface area contributed by atoms with Gasteiger partial charge in [-0.1, -0.05) is 25.1 Å². The minimum atomic E-state index is -2.17. The number of benzene rings is 1. The molecule has 1 aromatic carbocycles. The standard InChI is InChI=1S/C17H23NO4/c1-12(11-13-4-6-14(19)7-5-13)16(9-10-18)15(20)3-2-8-17(16,21)22/h2-8,12,19-22H,9-11,18H2,1H3. The molecule has 0 saturated carbocycles. The fourth-order valence-corrected chi connectivity index (χ4v) is 3.32. The molecule has 0 heterocycles. The third kappa shape index (κ3) is 2.75. The molecule has 0 aliphatic heterocycles. The summed E-state index contributed by atoms with van der Waals surface area (Å²) >= 11 is 0. The van der Waals surface area contributed by atoms with Crippen molar-refractivity contribution in [3.63, 3.8) is 0 Å². The van der Waals surface area contributed by atoms with Crippen LogP contribution < -0.4 is 5.73 Å². The molecule has 1 aliphatic rings. The van der Waals surface area contributed by atoms with Gasteiger partial charge in [-0.05, 0) is 55.2 Å². The van der Waals surface area contributed by atoms with E-state index in [0.717, 1.165) is 5.56 Å². The van der Waals surface area contributed by atoms with Crippen molar-refractivity contribution < 1.29 is 20.4 Å². The summed E-state index contributed by atoms with van der Waals surface area (Å²) in [7, 11) is 0. The molecule has 6 N–H and O–H groups in total. The van der Waals surface area contributed by atoms with Crippen molar-refractivity contribution in [3.8, 4) is 5.75 Å². The van der Waals surface area contributed by atoms with E-state index in [0.29, 0.717) is 6.42 Å². The second kappa shape index (κ2) is 6.12. The molecule has 0 spiro atoms. The van der Waals surface area contributed by atoms with Gasteiger partial charge in [0.15, 0.2) is 5.79 Å².